The predicted octanol–water partition coefficient (Wildman–Crippen LogP) is 2.84. The number of rotatable bonds is 4. The van der Waals surface area contributed by atoms with Crippen LogP contribution in [0.3, 0.4) is 0 Å². The van der Waals surface area contributed by atoms with Crippen LogP contribution in [-0.4, -0.2) is 19.2 Å². The van der Waals surface area contributed by atoms with Crippen LogP contribution < -0.4 is 14.8 Å². The molecule has 2 rings (SSSR count). The molecule has 0 radical (unpaired) electrons. The van der Waals surface area contributed by atoms with E-state index in [1.807, 2.05) is 0 Å². The molecule has 1 aromatic carbocycles. The molecule has 1 aromatic rings. The highest BCUT2D eigenvalue weighted by molar-refractivity contribution is 6.32. The Morgan fingerprint density at radius 3 is 2.94 bits per heavy atom. The van der Waals surface area contributed by atoms with Crippen LogP contribution in [0.4, 0.5) is 0 Å². The fourth-order valence-corrected chi connectivity index (χ4v) is 1.94. The molecule has 5 heteroatoms. The summed E-state index contributed by atoms with van der Waals surface area (Å²) in [6.45, 7) is 5.03. The van der Waals surface area contributed by atoms with Gasteiger partial charge in [0.1, 0.15) is 0 Å². The summed E-state index contributed by atoms with van der Waals surface area (Å²) < 4.78 is 10.4. The largest absolute Gasteiger partial charge is 0.454 e. The summed E-state index contributed by atoms with van der Waals surface area (Å²) in [7, 11) is 0. The van der Waals surface area contributed by atoms with Crippen molar-refractivity contribution in [3.05, 3.63) is 22.7 Å². The summed E-state index contributed by atoms with van der Waals surface area (Å²) in [5.74, 6) is 1.45. The number of carbonyl (C=O) groups is 1. The fraction of sp³-hybridized carbons (Fsp3) is 0.462. The summed E-state index contributed by atoms with van der Waals surface area (Å²) in [6.07, 6.45) is 0.948. The van der Waals surface area contributed by atoms with Gasteiger partial charge in [-0.3, -0.25) is 4.79 Å². The quantitative estimate of drug-likeness (QED) is 0.914. The van der Waals surface area contributed by atoms with Gasteiger partial charge < -0.3 is 14.8 Å². The molecule has 1 aliphatic heterocycles. The van der Waals surface area contributed by atoms with E-state index in [2.05, 4.69) is 19.2 Å². The number of hydrogen-bond acceptors (Lipinski definition) is 3. The van der Waals surface area contributed by atoms with Gasteiger partial charge in [0.05, 0.1) is 5.02 Å². The van der Waals surface area contributed by atoms with Crippen LogP contribution in [0.5, 0.6) is 11.5 Å². The number of amides is 1. The SMILES string of the molecule is CC(C)CCNC(=O)c1cc(Cl)c2c(c1)OCO2. The molecule has 0 saturated carbocycles. The van der Waals surface area contributed by atoms with Gasteiger partial charge in [0.25, 0.3) is 5.91 Å². The van der Waals surface area contributed by atoms with Crippen LogP contribution >= 0.6 is 11.6 Å². The van der Waals surface area contributed by atoms with E-state index in [-0.39, 0.29) is 12.7 Å². The van der Waals surface area contributed by atoms with E-state index in [0.717, 1.165) is 6.42 Å². The van der Waals surface area contributed by atoms with Crippen molar-refractivity contribution in [3.8, 4) is 11.5 Å². The average molecular weight is 270 g/mol. The molecular formula is C13H16ClNO3. The van der Waals surface area contributed by atoms with Gasteiger partial charge in [-0.05, 0) is 24.5 Å². The smallest absolute Gasteiger partial charge is 0.251 e. The monoisotopic (exact) mass is 269 g/mol. The first-order chi connectivity index (χ1) is 8.58. The fourth-order valence-electron chi connectivity index (χ4n) is 1.67. The first-order valence-corrected chi connectivity index (χ1v) is 6.33. The van der Waals surface area contributed by atoms with Gasteiger partial charge in [0.2, 0.25) is 6.79 Å². The van der Waals surface area contributed by atoms with Crippen LogP contribution in [0.25, 0.3) is 0 Å². The standard InChI is InChI=1S/C13H16ClNO3/c1-8(2)3-4-15-13(16)9-5-10(14)12-11(6-9)17-7-18-12/h5-6,8H,3-4,7H2,1-2H3,(H,15,16). The number of fused-ring (bicyclic) bond motifs is 1. The van der Waals surface area contributed by atoms with Crippen molar-refractivity contribution in [1.82, 2.24) is 5.32 Å². The summed E-state index contributed by atoms with van der Waals surface area (Å²) in [6, 6.07) is 3.25. The molecule has 1 aliphatic rings. The van der Waals surface area contributed by atoms with E-state index in [1.54, 1.807) is 12.1 Å². The van der Waals surface area contributed by atoms with Crippen LogP contribution in [0.15, 0.2) is 12.1 Å². The second-order valence-corrected chi connectivity index (χ2v) is 5.04. The Morgan fingerprint density at radius 2 is 2.22 bits per heavy atom. The Morgan fingerprint density at radius 1 is 1.44 bits per heavy atom. The maximum atomic E-state index is 11.9. The summed E-state index contributed by atoms with van der Waals surface area (Å²) in [4.78, 5) is 11.9. The van der Waals surface area contributed by atoms with Gasteiger partial charge in [-0.15, -0.1) is 0 Å². The summed E-state index contributed by atoms with van der Waals surface area (Å²) >= 11 is 6.02. The predicted molar refractivity (Wildman–Crippen MR) is 69.4 cm³/mol. The lowest BCUT2D eigenvalue weighted by atomic mass is 10.1. The van der Waals surface area contributed by atoms with E-state index < -0.39 is 0 Å². The van der Waals surface area contributed by atoms with Crippen molar-refractivity contribution < 1.29 is 14.3 Å². The second-order valence-electron chi connectivity index (χ2n) is 4.63. The molecule has 0 unspecified atom stereocenters. The van der Waals surface area contributed by atoms with Crippen LogP contribution in [0.1, 0.15) is 30.6 Å². The zero-order valence-corrected chi connectivity index (χ0v) is 11.2. The number of hydrogen-bond donors (Lipinski definition) is 1. The van der Waals surface area contributed by atoms with Crippen molar-refractivity contribution in [2.75, 3.05) is 13.3 Å². The third kappa shape index (κ3) is 2.88. The molecule has 98 valence electrons. The third-order valence-electron chi connectivity index (χ3n) is 2.70. The molecule has 4 nitrogen and oxygen atoms in total. The summed E-state index contributed by atoms with van der Waals surface area (Å²) in [5, 5.41) is 3.26. The highest BCUT2D eigenvalue weighted by Crippen LogP contribution is 2.39. The maximum Gasteiger partial charge on any atom is 0.251 e. The number of nitrogens with one attached hydrogen (secondary N) is 1. The van der Waals surface area contributed by atoms with Gasteiger partial charge in [-0.25, -0.2) is 0 Å². The molecule has 0 bridgehead atoms. The lowest BCUT2D eigenvalue weighted by Gasteiger charge is -2.08. The highest BCUT2D eigenvalue weighted by Gasteiger charge is 2.20. The van der Waals surface area contributed by atoms with Crippen molar-refractivity contribution in [1.29, 1.82) is 0 Å². The molecule has 1 heterocycles. The van der Waals surface area contributed by atoms with Gasteiger partial charge in [-0.2, -0.15) is 0 Å². The van der Waals surface area contributed by atoms with Crippen molar-refractivity contribution >= 4 is 17.5 Å². The molecule has 1 amide bonds. The van der Waals surface area contributed by atoms with Crippen LogP contribution in [0.2, 0.25) is 5.02 Å². The zero-order valence-electron chi connectivity index (χ0n) is 10.5. The number of ether oxygens (including phenoxy) is 2. The van der Waals surface area contributed by atoms with E-state index in [0.29, 0.717) is 34.5 Å². The Kier molecular flexibility index (Phi) is 3.97. The van der Waals surface area contributed by atoms with Crippen molar-refractivity contribution in [2.24, 2.45) is 5.92 Å². The molecule has 0 aliphatic carbocycles. The first-order valence-electron chi connectivity index (χ1n) is 5.95. The Balaban J connectivity index is 2.05. The lowest BCUT2D eigenvalue weighted by molar-refractivity contribution is 0.0951. The molecule has 18 heavy (non-hydrogen) atoms. The van der Waals surface area contributed by atoms with Crippen molar-refractivity contribution in [3.63, 3.8) is 0 Å². The van der Waals surface area contributed by atoms with Crippen LogP contribution in [0, 0.1) is 5.92 Å². The molecule has 0 aromatic heterocycles. The maximum absolute atomic E-state index is 11.9. The van der Waals surface area contributed by atoms with Crippen LogP contribution in [-0.2, 0) is 0 Å². The zero-order chi connectivity index (χ0) is 13.1. The Bertz CT molecular complexity index is 460. The van der Waals surface area contributed by atoms with Gasteiger partial charge >= 0.3 is 0 Å². The highest BCUT2D eigenvalue weighted by atomic mass is 35.5. The lowest BCUT2D eigenvalue weighted by Crippen LogP contribution is -2.25. The molecule has 0 atom stereocenters. The molecule has 0 spiro atoms. The molecular weight excluding hydrogens is 254 g/mol. The van der Waals surface area contributed by atoms with Gasteiger partial charge in [0.15, 0.2) is 11.5 Å². The number of halogens is 1. The Labute approximate surface area is 111 Å². The first kappa shape index (κ1) is 13.0. The topological polar surface area (TPSA) is 47.6 Å². The minimum atomic E-state index is -0.143. The second kappa shape index (κ2) is 5.48. The van der Waals surface area contributed by atoms with E-state index in [9.17, 15) is 4.79 Å². The van der Waals surface area contributed by atoms with E-state index >= 15 is 0 Å². The number of carbonyl (C=O) groups excluding carboxylic acids is 1. The minimum Gasteiger partial charge on any atom is -0.454 e. The number of benzene rings is 1. The molecule has 1 N–H and O–H groups in total. The molecule has 0 saturated heterocycles. The van der Waals surface area contributed by atoms with E-state index in [4.69, 9.17) is 21.1 Å². The Hall–Kier alpha value is -1.42. The third-order valence-corrected chi connectivity index (χ3v) is 2.98. The van der Waals surface area contributed by atoms with E-state index in [1.165, 1.54) is 0 Å². The van der Waals surface area contributed by atoms with Crippen molar-refractivity contribution in [2.45, 2.75) is 20.3 Å². The van der Waals surface area contributed by atoms with Gasteiger partial charge in [0, 0.05) is 12.1 Å². The summed E-state index contributed by atoms with van der Waals surface area (Å²) in [5.41, 5.74) is 0.494. The van der Waals surface area contributed by atoms with Gasteiger partial charge in [-0.1, -0.05) is 25.4 Å². The normalized spacial score (nSPS) is 12.9. The minimum absolute atomic E-state index is 0.143. The average Bonchev–Trinajstić information content (AvgIpc) is 2.76. The molecule has 0 fully saturated rings.